The molecule has 1 aliphatic carbocycles. The number of carbonyl (C=O) groups is 2. The van der Waals surface area contributed by atoms with E-state index in [1.807, 2.05) is 42.5 Å². The highest BCUT2D eigenvalue weighted by Crippen LogP contribution is 2.49. The van der Waals surface area contributed by atoms with Crippen molar-refractivity contribution in [2.45, 2.75) is 32.0 Å². The van der Waals surface area contributed by atoms with E-state index in [-0.39, 0.29) is 23.2 Å². The van der Waals surface area contributed by atoms with E-state index in [4.69, 9.17) is 23.9 Å². The van der Waals surface area contributed by atoms with Crippen molar-refractivity contribution in [3.63, 3.8) is 0 Å². The Balaban J connectivity index is 0.000000472. The number of nitrogens with zero attached hydrogens (tertiary/aromatic N) is 2. The molecule has 14 heteroatoms. The van der Waals surface area contributed by atoms with Crippen LogP contribution in [-0.4, -0.2) is 78.9 Å². The van der Waals surface area contributed by atoms with Gasteiger partial charge >= 0.3 is 12.1 Å². The second kappa shape index (κ2) is 12.1. The summed E-state index contributed by atoms with van der Waals surface area (Å²) in [5, 5.41) is 28.8. The highest BCUT2D eigenvalue weighted by Gasteiger charge is 2.51. The first kappa shape index (κ1) is 30.2. The zero-order chi connectivity index (χ0) is 30.8. The van der Waals surface area contributed by atoms with Gasteiger partial charge in [0.2, 0.25) is 5.91 Å². The highest BCUT2D eigenvalue weighted by atomic mass is 19.4. The van der Waals surface area contributed by atoms with E-state index in [1.54, 1.807) is 0 Å². The van der Waals surface area contributed by atoms with Gasteiger partial charge in [0, 0.05) is 50.1 Å². The molecule has 2 aliphatic heterocycles. The molecule has 0 unspecified atom stereocenters. The van der Waals surface area contributed by atoms with Crippen LogP contribution >= 0.6 is 0 Å². The molecule has 230 valence electrons. The van der Waals surface area contributed by atoms with Crippen LogP contribution in [-0.2, 0) is 14.3 Å². The van der Waals surface area contributed by atoms with Crippen LogP contribution in [0.3, 0.4) is 0 Å². The van der Waals surface area contributed by atoms with Gasteiger partial charge in [-0.2, -0.15) is 13.2 Å². The van der Waals surface area contributed by atoms with Gasteiger partial charge in [-0.25, -0.2) is 4.79 Å². The van der Waals surface area contributed by atoms with Crippen LogP contribution in [0.4, 0.5) is 24.7 Å². The van der Waals surface area contributed by atoms with E-state index in [0.717, 1.165) is 63.6 Å². The average Bonchev–Trinajstić information content (AvgIpc) is 3.41. The van der Waals surface area contributed by atoms with Gasteiger partial charge in [0.05, 0.1) is 24.5 Å². The van der Waals surface area contributed by atoms with Crippen LogP contribution in [0, 0.1) is 5.41 Å². The number of piperazine rings is 1. The monoisotopic (exact) mass is 604 g/mol. The summed E-state index contributed by atoms with van der Waals surface area (Å²) in [5.74, 6) is -0.951. The number of phenolic OH excluding ortho intramolecular Hbond substituents is 1. The molecule has 1 amide bonds. The Morgan fingerprint density at radius 3 is 2.40 bits per heavy atom. The average molecular weight is 605 g/mol. The molecule has 3 heterocycles. The molecule has 11 nitrogen and oxygen atoms in total. The van der Waals surface area contributed by atoms with Crippen molar-refractivity contribution < 1.29 is 47.0 Å². The first-order valence-electron chi connectivity index (χ1n) is 13.7. The number of carboxylic acid groups (broad SMARTS) is 1. The number of rotatable bonds is 6. The Morgan fingerprint density at radius 2 is 1.79 bits per heavy atom. The molecule has 1 aromatic heterocycles. The fourth-order valence-electron chi connectivity index (χ4n) is 5.29. The fourth-order valence-corrected chi connectivity index (χ4v) is 5.29. The third-order valence-electron chi connectivity index (χ3n) is 7.52. The van der Waals surface area contributed by atoms with Gasteiger partial charge in [-0.05, 0) is 36.6 Å². The van der Waals surface area contributed by atoms with Gasteiger partial charge in [-0.15, -0.1) is 0 Å². The number of anilines is 2. The van der Waals surface area contributed by atoms with Gasteiger partial charge in [-0.3, -0.25) is 4.79 Å². The fraction of sp³-hybridized carbons (Fsp3) is 0.414. The first-order chi connectivity index (χ1) is 20.4. The molecular weight excluding hydrogens is 573 g/mol. The number of carboxylic acids is 1. The molecule has 3 fully saturated rings. The Bertz CT molecular complexity index is 1470. The molecule has 43 heavy (non-hydrogen) atoms. The topological polar surface area (TPSA) is 146 Å². The third-order valence-corrected chi connectivity index (χ3v) is 7.52. The number of halogens is 3. The summed E-state index contributed by atoms with van der Waals surface area (Å²) in [6.45, 7) is 6.58. The smallest absolute Gasteiger partial charge is 0.490 e. The molecule has 6 rings (SSSR count). The molecule has 1 saturated carbocycles. The third kappa shape index (κ3) is 6.86. The van der Waals surface area contributed by atoms with Gasteiger partial charge in [0.15, 0.2) is 11.6 Å². The zero-order valence-electron chi connectivity index (χ0n) is 23.2. The molecule has 1 spiro atoms. The molecule has 0 atom stereocenters. The number of hydrogen-bond acceptors (Lipinski definition) is 9. The summed E-state index contributed by atoms with van der Waals surface area (Å²) in [7, 11) is 0. The van der Waals surface area contributed by atoms with E-state index in [2.05, 4.69) is 20.7 Å². The van der Waals surface area contributed by atoms with Crippen LogP contribution in [0.1, 0.15) is 19.8 Å². The standard InChI is InChI=1S/C27H30N4O5.C2HF3O2/c1-17(32)29-22-6-5-18(11-24(22)35-19-13-27(14-19)15-34-16-27)20-3-2-4-21(26(20)33)23-12-25(30-36-23)31-9-7-28-8-10-31;3-2(4,5)1(6)7/h2-6,11-12,19,28,33H,7-10,13-16H2,1H3,(H,29,32);(H,6,7). The Hall–Kier alpha value is -4.30. The molecule has 4 N–H and O–H groups in total. The number of aromatic hydroxyl groups is 1. The number of aromatic nitrogens is 1. The quantitative estimate of drug-likeness (QED) is 0.322. The number of amides is 1. The minimum atomic E-state index is -5.08. The van der Waals surface area contributed by atoms with Crippen LogP contribution in [0.15, 0.2) is 47.0 Å². The summed E-state index contributed by atoms with van der Waals surface area (Å²) in [4.78, 5) is 22.8. The number of aliphatic carboxylic acids is 1. The number of para-hydroxylation sites is 1. The van der Waals surface area contributed by atoms with Crippen molar-refractivity contribution in [1.29, 1.82) is 0 Å². The van der Waals surface area contributed by atoms with E-state index in [0.29, 0.717) is 28.3 Å². The molecule has 0 bridgehead atoms. The predicted molar refractivity (Wildman–Crippen MR) is 149 cm³/mol. The second-order valence-electron chi connectivity index (χ2n) is 10.8. The number of hydrogen-bond donors (Lipinski definition) is 4. The van der Waals surface area contributed by atoms with Crippen molar-refractivity contribution in [3.8, 4) is 33.9 Å². The van der Waals surface area contributed by atoms with E-state index in [1.165, 1.54) is 6.92 Å². The van der Waals surface area contributed by atoms with Gasteiger partial charge in [0.1, 0.15) is 17.6 Å². The summed E-state index contributed by atoms with van der Waals surface area (Å²) >= 11 is 0. The van der Waals surface area contributed by atoms with E-state index >= 15 is 0 Å². The molecule has 0 radical (unpaired) electrons. The number of carbonyl (C=O) groups excluding carboxylic acids is 1. The SMILES string of the molecule is CC(=O)Nc1ccc(-c2cccc(-c3cc(N4CCNCC4)no3)c2O)cc1OC1CC2(COC2)C1.O=C(O)C(F)(F)F. The highest BCUT2D eigenvalue weighted by molar-refractivity contribution is 5.91. The lowest BCUT2D eigenvalue weighted by atomic mass is 9.65. The maximum absolute atomic E-state index is 11.8. The van der Waals surface area contributed by atoms with Crippen molar-refractivity contribution in [2.24, 2.45) is 5.41 Å². The molecule has 2 aromatic carbocycles. The maximum Gasteiger partial charge on any atom is 0.490 e. The largest absolute Gasteiger partial charge is 0.507 e. The summed E-state index contributed by atoms with van der Waals surface area (Å²) in [5.41, 5.74) is 2.87. The van der Waals surface area contributed by atoms with Gasteiger partial charge in [0.25, 0.3) is 0 Å². The maximum atomic E-state index is 11.8. The van der Waals surface area contributed by atoms with E-state index < -0.39 is 12.1 Å². The Morgan fingerprint density at radius 1 is 1.12 bits per heavy atom. The van der Waals surface area contributed by atoms with Crippen LogP contribution < -0.4 is 20.3 Å². The molecule has 3 aliphatic rings. The van der Waals surface area contributed by atoms with Crippen LogP contribution in [0.2, 0.25) is 0 Å². The number of benzene rings is 2. The first-order valence-corrected chi connectivity index (χ1v) is 13.7. The van der Waals surface area contributed by atoms with Crippen LogP contribution in [0.5, 0.6) is 11.5 Å². The lowest BCUT2D eigenvalue weighted by molar-refractivity contribution is -0.192. The summed E-state index contributed by atoms with van der Waals surface area (Å²) in [6.07, 6.45) is -3.12. The minimum absolute atomic E-state index is 0.0780. The normalized spacial score (nSPS) is 17.7. The Kier molecular flexibility index (Phi) is 8.51. The van der Waals surface area contributed by atoms with Crippen LogP contribution in [0.25, 0.3) is 22.5 Å². The van der Waals surface area contributed by atoms with Gasteiger partial charge in [-0.1, -0.05) is 23.4 Å². The molecular formula is C29H31F3N4O7. The van der Waals surface area contributed by atoms with Crippen molar-refractivity contribution in [3.05, 3.63) is 42.5 Å². The lowest BCUT2D eigenvalue weighted by Gasteiger charge is -2.52. The minimum Gasteiger partial charge on any atom is -0.507 e. The number of alkyl halides is 3. The zero-order valence-corrected chi connectivity index (χ0v) is 23.2. The van der Waals surface area contributed by atoms with Crippen molar-refractivity contribution >= 4 is 23.4 Å². The Labute approximate surface area is 244 Å². The number of ether oxygens (including phenoxy) is 2. The van der Waals surface area contributed by atoms with Crippen molar-refractivity contribution in [2.75, 3.05) is 49.6 Å². The van der Waals surface area contributed by atoms with E-state index in [9.17, 15) is 23.1 Å². The second-order valence-corrected chi connectivity index (χ2v) is 10.8. The molecule has 3 aromatic rings. The number of nitrogens with one attached hydrogen (secondary N) is 2. The summed E-state index contributed by atoms with van der Waals surface area (Å²) < 4.78 is 49.0. The summed E-state index contributed by atoms with van der Waals surface area (Å²) in [6, 6.07) is 13.0. The molecule has 2 saturated heterocycles. The van der Waals surface area contributed by atoms with Crippen molar-refractivity contribution in [1.82, 2.24) is 10.5 Å². The lowest BCUT2D eigenvalue weighted by Crippen LogP contribution is -2.56. The van der Waals surface area contributed by atoms with Gasteiger partial charge < -0.3 is 39.7 Å². The number of phenols is 1. The predicted octanol–water partition coefficient (Wildman–Crippen LogP) is 4.27.